The van der Waals surface area contributed by atoms with Gasteiger partial charge in [0.05, 0.1) is 41.2 Å². The number of likely N-dealkylation sites (tertiary alicyclic amines) is 2. The zero-order chi connectivity index (χ0) is 50.7. The lowest BCUT2D eigenvalue weighted by atomic mass is 9.96. The van der Waals surface area contributed by atoms with Gasteiger partial charge in [-0.05, 0) is 107 Å². The van der Waals surface area contributed by atoms with E-state index in [1.54, 1.807) is 0 Å². The highest BCUT2D eigenvalue weighted by atomic mass is 16.5. The fraction of sp³-hybridized carbons (Fsp3) is 0.290. The molecule has 2 saturated heterocycles. The van der Waals surface area contributed by atoms with Crippen molar-refractivity contribution < 1.29 is 19.4 Å². The van der Waals surface area contributed by atoms with Gasteiger partial charge < -0.3 is 9.84 Å². The number of nitrogens with zero attached hydrogens (tertiary/aromatic N) is 10. The van der Waals surface area contributed by atoms with Crippen molar-refractivity contribution in [1.29, 1.82) is 0 Å². The zero-order valence-corrected chi connectivity index (χ0v) is 41.9. The van der Waals surface area contributed by atoms with E-state index in [4.69, 9.17) is 14.7 Å². The van der Waals surface area contributed by atoms with Crippen LogP contribution in [-0.2, 0) is 27.4 Å². The first kappa shape index (κ1) is 52.7. The molecule has 0 aliphatic carbocycles. The smallest absolute Gasteiger partial charge is 0.309 e. The van der Waals surface area contributed by atoms with Crippen LogP contribution < -0.4 is 0 Å². The number of hydrogen-bond donors (Lipinski definition) is 1. The van der Waals surface area contributed by atoms with Gasteiger partial charge in [0.15, 0.2) is 22.6 Å². The molecule has 0 amide bonds. The summed E-state index contributed by atoms with van der Waals surface area (Å²) in [6.07, 6.45) is 6.88. The summed E-state index contributed by atoms with van der Waals surface area (Å²) in [6, 6.07) is 46.2. The average Bonchev–Trinajstić information content (AvgIpc) is 4.03. The zero-order valence-electron chi connectivity index (χ0n) is 41.9. The molecule has 14 heteroatoms. The predicted molar refractivity (Wildman–Crippen MR) is 302 cm³/mol. The maximum absolute atomic E-state index is 12.1. The number of carbonyl (C=O) groups excluding carboxylic acids is 1. The van der Waals surface area contributed by atoms with Gasteiger partial charge in [-0.3, -0.25) is 19.4 Å². The largest absolute Gasteiger partial charge is 0.481 e. The Morgan fingerprint density at radius 3 is 1.36 bits per heavy atom. The summed E-state index contributed by atoms with van der Waals surface area (Å²) in [7, 11) is 0. The standard InChI is InChI=1S/C31H31N5O2.C29H27N5O2.2CH4/c1-3-38-31(37)25-13-15-35(16-14-25)20-22-9-11-24(12-10-22)29-27(23-7-5-4-6-8-23)18-26-19-32-28-17-21(2)34-36(28)30(26)33-29;1-19-15-26-30-17-24-16-25(21-5-3-2-4-6-21)27(31-28(24)34(26)32-19)22-9-7-20(8-10-22)18-33-13-11-23(12-14-33)29(35)36;;/h4-12,17-19,25H,3,13-16,20H2,1-2H3;2-10,15-17,23H,11-14,18H2,1H3,(H,35,36);2*1H4. The molecule has 0 unspecified atom stereocenters. The summed E-state index contributed by atoms with van der Waals surface area (Å²) in [4.78, 5) is 47.5. The molecule has 14 nitrogen and oxygen atoms in total. The van der Waals surface area contributed by atoms with Crippen LogP contribution in [0.2, 0.25) is 0 Å². The topological polar surface area (TPSA) is 156 Å². The predicted octanol–water partition coefficient (Wildman–Crippen LogP) is 12.2. The van der Waals surface area contributed by atoms with Crippen LogP contribution in [0.15, 0.2) is 146 Å². The quantitative estimate of drug-likeness (QED) is 0.123. The Hall–Kier alpha value is -8.20. The van der Waals surface area contributed by atoms with E-state index < -0.39 is 5.97 Å². The number of aromatic nitrogens is 8. The van der Waals surface area contributed by atoms with E-state index in [0.29, 0.717) is 19.4 Å². The number of aryl methyl sites for hydroxylation is 2. The van der Waals surface area contributed by atoms with Crippen molar-refractivity contribution in [3.05, 3.63) is 168 Å². The van der Waals surface area contributed by atoms with Crippen LogP contribution in [0.4, 0.5) is 0 Å². The number of esters is 1. The summed E-state index contributed by atoms with van der Waals surface area (Å²) in [5, 5.41) is 20.4. The van der Waals surface area contributed by atoms with Crippen molar-refractivity contribution in [2.75, 3.05) is 32.8 Å². The van der Waals surface area contributed by atoms with Gasteiger partial charge in [-0.1, -0.05) is 124 Å². The van der Waals surface area contributed by atoms with Crippen molar-refractivity contribution in [3.63, 3.8) is 0 Å². The molecule has 2 aliphatic heterocycles. The fourth-order valence-corrected chi connectivity index (χ4v) is 10.4. The van der Waals surface area contributed by atoms with Crippen LogP contribution in [0.1, 0.15) is 70.0 Å². The lowest BCUT2D eigenvalue weighted by molar-refractivity contribution is -0.149. The lowest BCUT2D eigenvalue weighted by Gasteiger charge is -2.30. The SMILES string of the molecule is C.C.CCOC(=O)C1CCN(Cc2ccc(-c3nc4c(cnc5cc(C)nn54)cc3-c3ccccc3)cc2)CC1.Cc1cc2ncc3cc(-c4ccccc4)c(-c4ccc(CN5CCC(C(=O)O)CC5)cc4)nc3n2n1. The Kier molecular flexibility index (Phi) is 16.0. The van der Waals surface area contributed by atoms with Crippen molar-refractivity contribution in [2.45, 2.75) is 74.4 Å². The minimum Gasteiger partial charge on any atom is -0.481 e. The van der Waals surface area contributed by atoms with Crippen LogP contribution in [0.25, 0.3) is 78.1 Å². The summed E-state index contributed by atoms with van der Waals surface area (Å²) < 4.78 is 8.86. The Labute approximate surface area is 444 Å². The molecule has 10 aromatic rings. The Bertz CT molecular complexity index is 3620. The van der Waals surface area contributed by atoms with Crippen molar-refractivity contribution in [3.8, 4) is 44.8 Å². The highest BCUT2D eigenvalue weighted by Crippen LogP contribution is 2.36. The third-order valence-electron chi connectivity index (χ3n) is 14.3. The first-order chi connectivity index (χ1) is 36.1. The number of carbonyl (C=O) groups is 2. The third-order valence-corrected chi connectivity index (χ3v) is 14.3. The van der Waals surface area contributed by atoms with Crippen LogP contribution in [0, 0.1) is 25.7 Å². The molecule has 0 spiro atoms. The number of pyridine rings is 2. The highest BCUT2D eigenvalue weighted by Gasteiger charge is 2.27. The summed E-state index contributed by atoms with van der Waals surface area (Å²) >= 11 is 0. The summed E-state index contributed by atoms with van der Waals surface area (Å²) in [5.41, 5.74) is 15.7. The summed E-state index contributed by atoms with van der Waals surface area (Å²) in [5.74, 6) is -0.898. The normalized spacial score (nSPS) is 14.5. The van der Waals surface area contributed by atoms with Gasteiger partial charge in [0.2, 0.25) is 0 Å². The van der Waals surface area contributed by atoms with Gasteiger partial charge in [0.25, 0.3) is 0 Å². The second kappa shape index (κ2) is 23.1. The number of piperidine rings is 2. The van der Waals surface area contributed by atoms with E-state index in [2.05, 4.69) is 127 Å². The second-order valence-corrected chi connectivity index (χ2v) is 19.5. The number of ether oxygens (including phenoxy) is 1. The molecule has 0 bridgehead atoms. The van der Waals surface area contributed by atoms with Gasteiger partial charge in [0, 0.05) is 70.6 Å². The molecule has 0 radical (unpaired) electrons. The number of carboxylic acid groups (broad SMARTS) is 1. The molecule has 388 valence electrons. The number of rotatable bonds is 11. The molecule has 12 rings (SSSR count). The molecule has 6 aromatic heterocycles. The molecule has 8 heterocycles. The Morgan fingerprint density at radius 2 is 0.961 bits per heavy atom. The van der Waals surface area contributed by atoms with E-state index >= 15 is 0 Å². The second-order valence-electron chi connectivity index (χ2n) is 19.5. The van der Waals surface area contributed by atoms with Crippen molar-refractivity contribution in [2.24, 2.45) is 11.8 Å². The van der Waals surface area contributed by atoms with Crippen LogP contribution in [0.5, 0.6) is 0 Å². The molecule has 2 aliphatic rings. The van der Waals surface area contributed by atoms with Crippen LogP contribution in [0.3, 0.4) is 0 Å². The number of carboxylic acids is 1. The first-order valence-corrected chi connectivity index (χ1v) is 25.6. The van der Waals surface area contributed by atoms with E-state index in [-0.39, 0.29) is 32.7 Å². The molecule has 0 atom stereocenters. The number of benzene rings is 4. The van der Waals surface area contributed by atoms with Gasteiger partial charge in [-0.2, -0.15) is 19.2 Å². The Balaban J connectivity index is 0.000000181. The lowest BCUT2D eigenvalue weighted by Crippen LogP contribution is -2.36. The molecule has 2 fully saturated rings. The summed E-state index contributed by atoms with van der Waals surface area (Å²) in [6.45, 7) is 11.4. The third kappa shape index (κ3) is 11.2. The first-order valence-electron chi connectivity index (χ1n) is 25.6. The van der Waals surface area contributed by atoms with E-state index in [1.807, 2.05) is 78.6 Å². The maximum atomic E-state index is 12.1. The molecule has 4 aromatic carbocycles. The van der Waals surface area contributed by atoms with E-state index in [0.717, 1.165) is 142 Å². The highest BCUT2D eigenvalue weighted by molar-refractivity contribution is 5.92. The molecule has 0 saturated carbocycles. The van der Waals surface area contributed by atoms with Crippen molar-refractivity contribution in [1.82, 2.24) is 49.0 Å². The minimum atomic E-state index is -0.672. The fourth-order valence-electron chi connectivity index (χ4n) is 10.4. The van der Waals surface area contributed by atoms with Gasteiger partial charge in [-0.15, -0.1) is 0 Å². The van der Waals surface area contributed by atoms with E-state index in [1.165, 1.54) is 11.1 Å². The molecule has 76 heavy (non-hydrogen) atoms. The number of aliphatic carboxylic acids is 1. The number of hydrogen-bond acceptors (Lipinski definition) is 11. The molecule has 1 N–H and O–H groups in total. The number of fused-ring (bicyclic) bond motifs is 6. The average molecular weight is 1020 g/mol. The van der Waals surface area contributed by atoms with E-state index in [9.17, 15) is 14.7 Å². The molecular formula is C62H66N10O4. The van der Waals surface area contributed by atoms with Gasteiger partial charge in [0.1, 0.15) is 0 Å². The minimum absolute atomic E-state index is 0. The maximum Gasteiger partial charge on any atom is 0.309 e. The Morgan fingerprint density at radius 1 is 0.553 bits per heavy atom. The van der Waals surface area contributed by atoms with Crippen LogP contribution in [-0.4, -0.2) is 98.8 Å². The van der Waals surface area contributed by atoms with Crippen molar-refractivity contribution >= 4 is 45.3 Å². The van der Waals surface area contributed by atoms with Crippen LogP contribution >= 0.6 is 0 Å². The van der Waals surface area contributed by atoms with Gasteiger partial charge >= 0.3 is 11.9 Å². The van der Waals surface area contributed by atoms with Gasteiger partial charge in [-0.25, -0.2) is 19.9 Å². The molecular weight excluding hydrogens is 949 g/mol. The monoisotopic (exact) mass is 1010 g/mol.